The van der Waals surface area contributed by atoms with E-state index in [9.17, 15) is 13.2 Å². The third kappa shape index (κ3) is 4.10. The molecule has 0 saturated carbocycles. The highest BCUT2D eigenvalue weighted by molar-refractivity contribution is 7.91. The normalized spacial score (nSPS) is 18.3. The monoisotopic (exact) mass is 376 g/mol. The molecule has 0 aliphatic carbocycles. The van der Waals surface area contributed by atoms with E-state index >= 15 is 0 Å². The number of amides is 1. The third-order valence-corrected chi connectivity index (χ3v) is 6.04. The van der Waals surface area contributed by atoms with Crippen LogP contribution in [0.4, 0.5) is 11.5 Å². The van der Waals surface area contributed by atoms with Gasteiger partial charge in [-0.05, 0) is 18.6 Å². The summed E-state index contributed by atoms with van der Waals surface area (Å²) in [6.45, 7) is 0. The van der Waals surface area contributed by atoms with Gasteiger partial charge in [-0.1, -0.05) is 6.07 Å². The van der Waals surface area contributed by atoms with E-state index in [1.165, 1.54) is 17.3 Å². The molecule has 1 amide bonds. The standard InChI is InChI=1S/C17H20N4O4S/c1-21(13-6-7-26(23,24)11-13)17(22)15-9-19-16(10-18-15)20-12-4-3-5-14(8-12)25-2/h3-5,8-10,13H,6-7,11H2,1-2H3,(H,19,20). The van der Waals surface area contributed by atoms with Crippen LogP contribution in [0.1, 0.15) is 16.9 Å². The second kappa shape index (κ2) is 7.28. The molecule has 2 heterocycles. The van der Waals surface area contributed by atoms with E-state index in [0.717, 1.165) is 5.69 Å². The second-order valence-electron chi connectivity index (χ2n) is 6.12. The predicted molar refractivity (Wildman–Crippen MR) is 97.5 cm³/mol. The van der Waals surface area contributed by atoms with E-state index < -0.39 is 9.84 Å². The Labute approximate surface area is 152 Å². The van der Waals surface area contributed by atoms with Crippen LogP contribution in [0.25, 0.3) is 0 Å². The molecule has 0 bridgehead atoms. The van der Waals surface area contributed by atoms with Crippen LogP contribution in [0.5, 0.6) is 5.75 Å². The minimum Gasteiger partial charge on any atom is -0.497 e. The molecule has 1 unspecified atom stereocenters. The Morgan fingerprint density at radius 1 is 1.31 bits per heavy atom. The molecule has 1 aliphatic heterocycles. The Kier molecular flexibility index (Phi) is 5.08. The fourth-order valence-electron chi connectivity index (χ4n) is 2.78. The first-order chi connectivity index (χ1) is 12.4. The Balaban J connectivity index is 1.67. The molecule has 1 aliphatic rings. The van der Waals surface area contributed by atoms with Crippen LogP contribution in [0.2, 0.25) is 0 Å². The highest BCUT2D eigenvalue weighted by Crippen LogP contribution is 2.21. The van der Waals surface area contributed by atoms with Crippen LogP contribution in [-0.4, -0.2) is 60.9 Å². The first-order valence-corrected chi connectivity index (χ1v) is 9.91. The van der Waals surface area contributed by atoms with Crippen molar-refractivity contribution in [3.63, 3.8) is 0 Å². The number of methoxy groups -OCH3 is 1. The average Bonchev–Trinajstić information content (AvgIpc) is 3.01. The van der Waals surface area contributed by atoms with Crippen molar-refractivity contribution < 1.29 is 17.9 Å². The van der Waals surface area contributed by atoms with Crippen LogP contribution in [-0.2, 0) is 9.84 Å². The van der Waals surface area contributed by atoms with Gasteiger partial charge in [-0.2, -0.15) is 0 Å². The van der Waals surface area contributed by atoms with Crippen LogP contribution < -0.4 is 10.1 Å². The van der Waals surface area contributed by atoms with Gasteiger partial charge in [0.15, 0.2) is 9.84 Å². The molecular weight excluding hydrogens is 356 g/mol. The summed E-state index contributed by atoms with van der Waals surface area (Å²) in [5.41, 5.74) is 0.957. The molecule has 1 aromatic carbocycles. The number of rotatable bonds is 5. The number of ether oxygens (including phenoxy) is 1. The summed E-state index contributed by atoms with van der Waals surface area (Å²) in [6, 6.07) is 7.03. The van der Waals surface area contributed by atoms with Crippen molar-refractivity contribution in [1.82, 2.24) is 14.9 Å². The topological polar surface area (TPSA) is 101 Å². The van der Waals surface area contributed by atoms with Gasteiger partial charge in [0.2, 0.25) is 0 Å². The summed E-state index contributed by atoms with van der Waals surface area (Å²) in [6.07, 6.45) is 3.30. The molecule has 9 heteroatoms. The Bertz CT molecular complexity index is 899. The van der Waals surface area contributed by atoms with Crippen molar-refractivity contribution in [2.24, 2.45) is 0 Å². The fourth-order valence-corrected chi connectivity index (χ4v) is 4.55. The highest BCUT2D eigenvalue weighted by Gasteiger charge is 2.33. The van der Waals surface area contributed by atoms with Crippen molar-refractivity contribution in [2.75, 3.05) is 31.0 Å². The number of benzene rings is 1. The van der Waals surface area contributed by atoms with Gasteiger partial charge in [-0.25, -0.2) is 18.4 Å². The van der Waals surface area contributed by atoms with Gasteiger partial charge in [0, 0.05) is 24.8 Å². The largest absolute Gasteiger partial charge is 0.497 e. The number of carbonyl (C=O) groups excluding carboxylic acids is 1. The zero-order valence-electron chi connectivity index (χ0n) is 14.5. The number of hydrogen-bond donors (Lipinski definition) is 1. The van der Waals surface area contributed by atoms with E-state index in [1.807, 2.05) is 24.3 Å². The van der Waals surface area contributed by atoms with Gasteiger partial charge < -0.3 is 15.0 Å². The van der Waals surface area contributed by atoms with Gasteiger partial charge >= 0.3 is 0 Å². The summed E-state index contributed by atoms with van der Waals surface area (Å²) in [5.74, 6) is 0.971. The third-order valence-electron chi connectivity index (χ3n) is 4.29. The van der Waals surface area contributed by atoms with Crippen molar-refractivity contribution in [2.45, 2.75) is 12.5 Å². The van der Waals surface area contributed by atoms with Gasteiger partial charge in [0.05, 0.1) is 31.0 Å². The SMILES string of the molecule is COc1cccc(Nc2cnc(C(=O)N(C)C3CCS(=O)(=O)C3)cn2)c1. The summed E-state index contributed by atoms with van der Waals surface area (Å²) < 4.78 is 28.3. The number of anilines is 2. The molecule has 1 atom stereocenters. The van der Waals surface area contributed by atoms with Gasteiger partial charge in [0.1, 0.15) is 17.3 Å². The number of nitrogens with one attached hydrogen (secondary N) is 1. The lowest BCUT2D eigenvalue weighted by Gasteiger charge is -2.22. The molecule has 0 radical (unpaired) electrons. The summed E-state index contributed by atoms with van der Waals surface area (Å²) in [5, 5.41) is 3.08. The molecule has 1 saturated heterocycles. The first-order valence-electron chi connectivity index (χ1n) is 8.09. The van der Waals surface area contributed by atoms with Gasteiger partial charge in [-0.15, -0.1) is 0 Å². The molecule has 0 spiro atoms. The molecule has 1 N–H and O–H groups in total. The smallest absolute Gasteiger partial charge is 0.274 e. The zero-order chi connectivity index (χ0) is 18.7. The van der Waals surface area contributed by atoms with Crippen LogP contribution in [0.3, 0.4) is 0 Å². The quantitative estimate of drug-likeness (QED) is 0.843. The fraction of sp³-hybridized carbons (Fsp3) is 0.353. The maximum Gasteiger partial charge on any atom is 0.274 e. The molecule has 138 valence electrons. The number of carbonyl (C=O) groups is 1. The van der Waals surface area contributed by atoms with E-state index in [0.29, 0.717) is 18.0 Å². The lowest BCUT2D eigenvalue weighted by molar-refractivity contribution is 0.0741. The maximum absolute atomic E-state index is 12.5. The number of hydrogen-bond acceptors (Lipinski definition) is 7. The number of aromatic nitrogens is 2. The Morgan fingerprint density at radius 2 is 2.12 bits per heavy atom. The Hall–Kier alpha value is -2.68. The lowest BCUT2D eigenvalue weighted by Crippen LogP contribution is -2.38. The molecule has 3 rings (SSSR count). The molecule has 1 fully saturated rings. The zero-order valence-corrected chi connectivity index (χ0v) is 15.4. The van der Waals surface area contributed by atoms with Crippen molar-refractivity contribution >= 4 is 27.2 Å². The van der Waals surface area contributed by atoms with Crippen molar-refractivity contribution in [3.05, 3.63) is 42.4 Å². The van der Waals surface area contributed by atoms with E-state index in [1.54, 1.807) is 14.2 Å². The minimum absolute atomic E-state index is 0.00184. The van der Waals surface area contributed by atoms with E-state index in [4.69, 9.17) is 4.74 Å². The predicted octanol–water partition coefficient (Wildman–Crippen LogP) is 1.49. The molecule has 8 nitrogen and oxygen atoms in total. The van der Waals surface area contributed by atoms with E-state index in [-0.39, 0.29) is 29.1 Å². The van der Waals surface area contributed by atoms with Gasteiger partial charge in [0.25, 0.3) is 5.91 Å². The van der Waals surface area contributed by atoms with Crippen LogP contribution in [0, 0.1) is 0 Å². The molecule has 2 aromatic rings. The Morgan fingerprint density at radius 3 is 2.73 bits per heavy atom. The average molecular weight is 376 g/mol. The molecular formula is C17H20N4O4S. The van der Waals surface area contributed by atoms with Crippen LogP contribution >= 0.6 is 0 Å². The van der Waals surface area contributed by atoms with Gasteiger partial charge in [-0.3, -0.25) is 4.79 Å². The number of nitrogens with zero attached hydrogens (tertiary/aromatic N) is 3. The summed E-state index contributed by atoms with van der Waals surface area (Å²) in [7, 11) is 0.130. The van der Waals surface area contributed by atoms with Crippen molar-refractivity contribution in [3.8, 4) is 5.75 Å². The summed E-state index contributed by atoms with van der Waals surface area (Å²) >= 11 is 0. The highest BCUT2D eigenvalue weighted by atomic mass is 32.2. The maximum atomic E-state index is 12.5. The lowest BCUT2D eigenvalue weighted by atomic mass is 10.2. The van der Waals surface area contributed by atoms with Crippen LogP contribution in [0.15, 0.2) is 36.7 Å². The minimum atomic E-state index is -3.05. The molecule has 26 heavy (non-hydrogen) atoms. The summed E-state index contributed by atoms with van der Waals surface area (Å²) in [4.78, 5) is 22.3. The first kappa shape index (κ1) is 18.1. The van der Waals surface area contributed by atoms with Crippen molar-refractivity contribution in [1.29, 1.82) is 0 Å². The number of sulfone groups is 1. The molecule has 1 aromatic heterocycles. The second-order valence-corrected chi connectivity index (χ2v) is 8.35. The van der Waals surface area contributed by atoms with E-state index in [2.05, 4.69) is 15.3 Å².